The zero-order valence-corrected chi connectivity index (χ0v) is 16.7. The summed E-state index contributed by atoms with van der Waals surface area (Å²) in [7, 11) is -5.66. The van der Waals surface area contributed by atoms with Gasteiger partial charge in [0.05, 0.1) is 32.5 Å². The Morgan fingerprint density at radius 1 is 1.32 bits per heavy atom. The van der Waals surface area contributed by atoms with E-state index in [9.17, 15) is 21.6 Å². The van der Waals surface area contributed by atoms with Gasteiger partial charge in [-0.05, 0) is 31.5 Å². The quantitative estimate of drug-likeness (QED) is 0.761. The molecule has 1 fully saturated rings. The van der Waals surface area contributed by atoms with Crippen molar-refractivity contribution in [1.29, 1.82) is 0 Å². The highest BCUT2D eigenvalue weighted by molar-refractivity contribution is 7.91. The molecule has 0 aliphatic carbocycles. The van der Waals surface area contributed by atoms with Gasteiger partial charge in [0.15, 0.2) is 9.84 Å². The first-order chi connectivity index (χ1) is 11.4. The predicted molar refractivity (Wildman–Crippen MR) is 96.1 cm³/mol. The third kappa shape index (κ3) is 4.85. The van der Waals surface area contributed by atoms with E-state index >= 15 is 0 Å². The van der Waals surface area contributed by atoms with E-state index < -0.39 is 37.9 Å². The van der Waals surface area contributed by atoms with Crippen LogP contribution in [0.3, 0.4) is 0 Å². The molecule has 0 saturated carbocycles. The second-order valence-corrected chi connectivity index (χ2v) is 10.7. The fourth-order valence-corrected chi connectivity index (χ4v) is 5.92. The molecule has 0 spiro atoms. The van der Waals surface area contributed by atoms with Gasteiger partial charge in [0.2, 0.25) is 15.9 Å². The van der Waals surface area contributed by atoms with Gasteiger partial charge in [0.25, 0.3) is 0 Å². The summed E-state index contributed by atoms with van der Waals surface area (Å²) in [5, 5.41) is 0.295. The van der Waals surface area contributed by atoms with Gasteiger partial charge in [-0.25, -0.2) is 16.8 Å². The van der Waals surface area contributed by atoms with E-state index in [1.807, 2.05) is 0 Å². The summed E-state index contributed by atoms with van der Waals surface area (Å²) in [6.45, 7) is 1.40. The van der Waals surface area contributed by atoms with Gasteiger partial charge in [-0.1, -0.05) is 23.2 Å². The molecule has 0 bridgehead atoms. The van der Waals surface area contributed by atoms with Gasteiger partial charge >= 0.3 is 0 Å². The van der Waals surface area contributed by atoms with Crippen molar-refractivity contribution in [2.45, 2.75) is 30.3 Å². The molecule has 1 aliphatic rings. The van der Waals surface area contributed by atoms with Crippen LogP contribution in [0.5, 0.6) is 0 Å². The van der Waals surface area contributed by atoms with Crippen LogP contribution in [0.1, 0.15) is 13.3 Å². The summed E-state index contributed by atoms with van der Waals surface area (Å²) >= 11 is 11.6. The molecule has 7 nitrogen and oxygen atoms in total. The molecule has 0 unspecified atom stereocenters. The number of rotatable bonds is 5. The molecule has 0 aromatic heterocycles. The number of sulfone groups is 1. The van der Waals surface area contributed by atoms with Crippen LogP contribution in [0, 0.1) is 0 Å². The Bertz CT molecular complexity index is 886. The van der Waals surface area contributed by atoms with E-state index in [1.165, 1.54) is 37.1 Å². The first-order valence-corrected chi connectivity index (χ1v) is 11.4. The zero-order chi connectivity index (χ0) is 19.0. The van der Waals surface area contributed by atoms with Crippen LogP contribution in [0.4, 0.5) is 0 Å². The second-order valence-electron chi connectivity index (χ2n) is 5.92. The van der Waals surface area contributed by atoms with E-state index in [1.54, 1.807) is 0 Å². The summed E-state index contributed by atoms with van der Waals surface area (Å²) in [6.07, 6.45) is 0.344. The highest BCUT2D eigenvalue weighted by Gasteiger charge is 2.35. The number of halogens is 2. The van der Waals surface area contributed by atoms with Crippen molar-refractivity contribution in [3.8, 4) is 0 Å². The molecular weight excluding hydrogens is 411 g/mol. The number of amides is 1. The first-order valence-electron chi connectivity index (χ1n) is 7.37. The molecule has 1 amide bonds. The van der Waals surface area contributed by atoms with Gasteiger partial charge in [-0.3, -0.25) is 4.79 Å². The maximum atomic E-state index is 12.4. The normalized spacial score (nSPS) is 21.0. The number of nitrogens with one attached hydrogen (secondary N) is 1. The molecule has 2 rings (SSSR count). The average molecular weight is 429 g/mol. The van der Waals surface area contributed by atoms with Gasteiger partial charge < -0.3 is 4.90 Å². The summed E-state index contributed by atoms with van der Waals surface area (Å²) in [5.41, 5.74) is 0. The molecule has 25 heavy (non-hydrogen) atoms. The molecule has 0 radical (unpaired) electrons. The van der Waals surface area contributed by atoms with Crippen LogP contribution in [-0.4, -0.2) is 58.3 Å². The summed E-state index contributed by atoms with van der Waals surface area (Å²) in [6, 6.07) is 2.31. The third-order valence-corrected chi connectivity index (χ3v) is 8.04. The Labute approximate surface area is 157 Å². The van der Waals surface area contributed by atoms with E-state index in [0.717, 1.165) is 0 Å². The molecule has 11 heteroatoms. The van der Waals surface area contributed by atoms with E-state index in [2.05, 4.69) is 4.72 Å². The lowest BCUT2D eigenvalue weighted by atomic mass is 10.2. The Balaban J connectivity index is 2.10. The standard InChI is InChI=1S/C14H18Cl2N2O5S2/c1-9(14(19)18(2)10-5-6-24(20,21)8-10)17-25(22,23)11-3-4-12(15)13(16)7-11/h3-4,7,9-10,17H,5-6,8H2,1-2H3/t9-,10-/m1/s1. The van der Waals surface area contributed by atoms with Crippen LogP contribution >= 0.6 is 23.2 Å². The molecule has 2 atom stereocenters. The fourth-order valence-electron chi connectivity index (χ4n) is 2.56. The first kappa shape index (κ1) is 20.4. The second kappa shape index (κ2) is 7.40. The fraction of sp³-hybridized carbons (Fsp3) is 0.500. The lowest BCUT2D eigenvalue weighted by Gasteiger charge is -2.26. The molecule has 1 aromatic rings. The molecule has 1 saturated heterocycles. The molecule has 1 N–H and O–H groups in total. The van der Waals surface area contributed by atoms with Crippen molar-refractivity contribution in [3.05, 3.63) is 28.2 Å². The van der Waals surface area contributed by atoms with Crippen LogP contribution in [0.25, 0.3) is 0 Å². The number of hydrogen-bond donors (Lipinski definition) is 1. The van der Waals surface area contributed by atoms with Crippen LogP contribution < -0.4 is 4.72 Å². The summed E-state index contributed by atoms with van der Waals surface area (Å²) in [5.74, 6) is -0.592. The van der Waals surface area contributed by atoms with E-state index in [4.69, 9.17) is 23.2 Å². The van der Waals surface area contributed by atoms with Crippen LogP contribution in [0.15, 0.2) is 23.1 Å². The number of carbonyl (C=O) groups is 1. The molecule has 1 aromatic carbocycles. The van der Waals surface area contributed by atoms with E-state index in [0.29, 0.717) is 6.42 Å². The highest BCUT2D eigenvalue weighted by atomic mass is 35.5. The van der Waals surface area contributed by atoms with Gasteiger partial charge in [-0.15, -0.1) is 0 Å². The van der Waals surface area contributed by atoms with E-state index in [-0.39, 0.29) is 26.4 Å². The van der Waals surface area contributed by atoms with Gasteiger partial charge in [-0.2, -0.15) is 4.72 Å². The lowest BCUT2D eigenvalue weighted by molar-refractivity contribution is -0.132. The highest BCUT2D eigenvalue weighted by Crippen LogP contribution is 2.25. The summed E-state index contributed by atoms with van der Waals surface area (Å²) < 4.78 is 50.1. The van der Waals surface area contributed by atoms with Crippen LogP contribution in [-0.2, 0) is 24.7 Å². The maximum Gasteiger partial charge on any atom is 0.241 e. The SMILES string of the molecule is C[C@@H](NS(=O)(=O)c1ccc(Cl)c(Cl)c1)C(=O)N(C)[C@@H]1CCS(=O)(=O)C1. The Kier molecular flexibility index (Phi) is 6.05. The number of sulfonamides is 1. The minimum atomic E-state index is -3.98. The monoisotopic (exact) mass is 428 g/mol. The predicted octanol–water partition coefficient (Wildman–Crippen LogP) is 1.31. The smallest absolute Gasteiger partial charge is 0.241 e. The lowest BCUT2D eigenvalue weighted by Crippen LogP contribution is -2.49. The average Bonchev–Trinajstić information content (AvgIpc) is 2.88. The maximum absolute atomic E-state index is 12.4. The minimum absolute atomic E-state index is 0.0265. The van der Waals surface area contributed by atoms with Crippen molar-refractivity contribution in [3.63, 3.8) is 0 Å². The third-order valence-electron chi connectivity index (χ3n) is 4.01. The number of benzene rings is 1. The van der Waals surface area contributed by atoms with Crippen molar-refractivity contribution in [2.24, 2.45) is 0 Å². The number of likely N-dealkylation sites (N-methyl/N-ethyl adjacent to an activating group) is 1. The molecule has 1 heterocycles. The zero-order valence-electron chi connectivity index (χ0n) is 13.6. The number of hydrogen-bond acceptors (Lipinski definition) is 5. The van der Waals surface area contributed by atoms with Crippen molar-refractivity contribution in [1.82, 2.24) is 9.62 Å². The van der Waals surface area contributed by atoms with Gasteiger partial charge in [0, 0.05) is 13.1 Å². The molecule has 140 valence electrons. The summed E-state index contributed by atoms with van der Waals surface area (Å²) in [4.78, 5) is 13.6. The Morgan fingerprint density at radius 3 is 2.48 bits per heavy atom. The van der Waals surface area contributed by atoms with Crippen LogP contribution in [0.2, 0.25) is 10.0 Å². The Morgan fingerprint density at radius 2 is 1.96 bits per heavy atom. The van der Waals surface area contributed by atoms with Crippen molar-refractivity contribution >= 4 is 49.0 Å². The Hall–Kier alpha value is -0.870. The van der Waals surface area contributed by atoms with Crippen molar-refractivity contribution in [2.75, 3.05) is 18.6 Å². The van der Waals surface area contributed by atoms with Crippen molar-refractivity contribution < 1.29 is 21.6 Å². The largest absolute Gasteiger partial charge is 0.340 e. The molecular formula is C14H18Cl2N2O5S2. The topological polar surface area (TPSA) is 101 Å². The number of carbonyl (C=O) groups excluding carboxylic acids is 1. The number of nitrogens with zero attached hydrogens (tertiary/aromatic N) is 1. The molecule has 1 aliphatic heterocycles. The van der Waals surface area contributed by atoms with Gasteiger partial charge in [0.1, 0.15) is 0 Å². The minimum Gasteiger partial charge on any atom is -0.340 e.